The van der Waals surface area contributed by atoms with Crippen LogP contribution >= 0.6 is 0 Å². The molecule has 0 aliphatic carbocycles. The fraction of sp³-hybridized carbons (Fsp3) is 0.333. The predicted molar refractivity (Wildman–Crippen MR) is 97.9 cm³/mol. The van der Waals surface area contributed by atoms with Gasteiger partial charge in [0.15, 0.2) is 0 Å². The molecule has 25 heavy (non-hydrogen) atoms. The average Bonchev–Trinajstić information content (AvgIpc) is 2.59. The van der Waals surface area contributed by atoms with E-state index >= 15 is 0 Å². The van der Waals surface area contributed by atoms with Crippen molar-refractivity contribution in [2.45, 2.75) is 32.6 Å². The summed E-state index contributed by atoms with van der Waals surface area (Å²) in [6, 6.07) is 9.16. The molecule has 0 saturated carbocycles. The molecule has 1 aromatic heterocycles. The molecule has 0 aliphatic heterocycles. The van der Waals surface area contributed by atoms with Crippen molar-refractivity contribution >= 4 is 23.5 Å². The number of nitrogens with two attached hydrogens (primary N) is 1. The molecule has 2 aromatic rings. The van der Waals surface area contributed by atoms with Gasteiger partial charge in [-0.2, -0.15) is 0 Å². The van der Waals surface area contributed by atoms with Gasteiger partial charge in [-0.15, -0.1) is 0 Å². The third kappa shape index (κ3) is 6.31. The number of carbonyl (C=O) groups is 2. The van der Waals surface area contributed by atoms with Gasteiger partial charge in [0.2, 0.25) is 17.8 Å². The Morgan fingerprint density at radius 3 is 2.72 bits per heavy atom. The summed E-state index contributed by atoms with van der Waals surface area (Å²) in [7, 11) is 0. The van der Waals surface area contributed by atoms with Gasteiger partial charge in [0.1, 0.15) is 0 Å². The quantitative estimate of drug-likeness (QED) is 0.639. The summed E-state index contributed by atoms with van der Waals surface area (Å²) in [6.07, 6.45) is 4.78. The molecule has 0 saturated heterocycles. The summed E-state index contributed by atoms with van der Waals surface area (Å²) >= 11 is 0. The number of carbonyl (C=O) groups excluding carboxylic acids is 2. The first-order chi connectivity index (χ1) is 12.1. The lowest BCUT2D eigenvalue weighted by Gasteiger charge is -2.08. The highest BCUT2D eigenvalue weighted by Gasteiger charge is 2.06. The Bertz CT molecular complexity index is 733. The standard InChI is InChI=1S/C18H23N5O2/c1-13(24)21-18-20-11-9-16(23-18)14-6-5-7-15(12-14)22-17(25)8-3-2-4-10-19/h5-7,9,11-12H,2-4,8,10,19H2,1H3,(H,22,25)(H,20,21,23,24). The Morgan fingerprint density at radius 1 is 1.12 bits per heavy atom. The molecule has 0 fully saturated rings. The zero-order valence-electron chi connectivity index (χ0n) is 14.3. The van der Waals surface area contributed by atoms with E-state index in [1.54, 1.807) is 12.3 Å². The SMILES string of the molecule is CC(=O)Nc1nccc(-c2cccc(NC(=O)CCCCCN)c2)n1. The van der Waals surface area contributed by atoms with Crippen LogP contribution in [0.1, 0.15) is 32.6 Å². The summed E-state index contributed by atoms with van der Waals surface area (Å²) in [5.74, 6) is 0.00272. The summed E-state index contributed by atoms with van der Waals surface area (Å²) in [4.78, 5) is 31.4. The maximum absolute atomic E-state index is 12.0. The van der Waals surface area contributed by atoms with Gasteiger partial charge in [-0.05, 0) is 37.6 Å². The number of hydrogen-bond acceptors (Lipinski definition) is 5. The number of rotatable bonds is 8. The van der Waals surface area contributed by atoms with Crippen LogP contribution in [0.15, 0.2) is 36.5 Å². The molecule has 0 atom stereocenters. The van der Waals surface area contributed by atoms with Gasteiger partial charge in [0.25, 0.3) is 0 Å². The molecule has 2 rings (SSSR count). The molecule has 0 unspecified atom stereocenters. The van der Waals surface area contributed by atoms with Crippen LogP contribution < -0.4 is 16.4 Å². The molecule has 7 heteroatoms. The maximum atomic E-state index is 12.0. The largest absolute Gasteiger partial charge is 0.330 e. The third-order valence-electron chi connectivity index (χ3n) is 3.49. The number of nitrogens with one attached hydrogen (secondary N) is 2. The van der Waals surface area contributed by atoms with Crippen LogP contribution in [0.2, 0.25) is 0 Å². The monoisotopic (exact) mass is 341 g/mol. The molecule has 0 spiro atoms. The van der Waals surface area contributed by atoms with E-state index < -0.39 is 0 Å². The first-order valence-corrected chi connectivity index (χ1v) is 8.29. The van der Waals surface area contributed by atoms with E-state index in [4.69, 9.17) is 5.73 Å². The van der Waals surface area contributed by atoms with Gasteiger partial charge >= 0.3 is 0 Å². The minimum atomic E-state index is -0.229. The number of hydrogen-bond donors (Lipinski definition) is 3. The fourth-order valence-corrected chi connectivity index (χ4v) is 2.32. The molecule has 0 radical (unpaired) electrons. The number of unbranched alkanes of at least 4 members (excludes halogenated alkanes) is 2. The van der Waals surface area contributed by atoms with Crippen LogP contribution in [0.4, 0.5) is 11.6 Å². The second-order valence-corrected chi connectivity index (χ2v) is 5.67. The van der Waals surface area contributed by atoms with Crippen LogP contribution in [-0.2, 0) is 9.59 Å². The van der Waals surface area contributed by atoms with Gasteiger partial charge in [-0.3, -0.25) is 14.9 Å². The Morgan fingerprint density at radius 2 is 1.96 bits per heavy atom. The Kier molecular flexibility index (Phi) is 7.03. The summed E-state index contributed by atoms with van der Waals surface area (Å²) in [5.41, 5.74) is 7.65. The van der Waals surface area contributed by atoms with Crippen LogP contribution in [0.3, 0.4) is 0 Å². The Labute approximate surface area is 147 Å². The number of aromatic nitrogens is 2. The van der Waals surface area contributed by atoms with Crippen molar-refractivity contribution in [3.8, 4) is 11.3 Å². The molecular weight excluding hydrogens is 318 g/mol. The zero-order valence-corrected chi connectivity index (χ0v) is 14.3. The van der Waals surface area contributed by atoms with Crippen LogP contribution in [0, 0.1) is 0 Å². The third-order valence-corrected chi connectivity index (χ3v) is 3.49. The van der Waals surface area contributed by atoms with Crippen LogP contribution in [-0.4, -0.2) is 28.3 Å². The van der Waals surface area contributed by atoms with E-state index in [1.165, 1.54) is 6.92 Å². The fourth-order valence-electron chi connectivity index (χ4n) is 2.32. The van der Waals surface area contributed by atoms with E-state index in [2.05, 4.69) is 20.6 Å². The Hall–Kier alpha value is -2.80. The van der Waals surface area contributed by atoms with Gasteiger partial charge < -0.3 is 11.1 Å². The summed E-state index contributed by atoms with van der Waals surface area (Å²) < 4.78 is 0. The highest BCUT2D eigenvalue weighted by Crippen LogP contribution is 2.21. The Balaban J connectivity index is 2.03. The number of amides is 2. The molecule has 0 aliphatic rings. The minimum absolute atomic E-state index is 0.0178. The first-order valence-electron chi connectivity index (χ1n) is 8.29. The molecular formula is C18H23N5O2. The highest BCUT2D eigenvalue weighted by molar-refractivity contribution is 5.91. The second-order valence-electron chi connectivity index (χ2n) is 5.67. The van der Waals surface area contributed by atoms with Crippen LogP contribution in [0.25, 0.3) is 11.3 Å². The van der Waals surface area contributed by atoms with E-state index in [9.17, 15) is 9.59 Å². The van der Waals surface area contributed by atoms with Gasteiger partial charge in [-0.1, -0.05) is 18.6 Å². The van der Waals surface area contributed by atoms with Gasteiger partial charge in [0, 0.05) is 30.8 Å². The lowest BCUT2D eigenvalue weighted by Crippen LogP contribution is -2.11. The average molecular weight is 341 g/mol. The van der Waals surface area contributed by atoms with E-state index in [0.717, 1.165) is 24.8 Å². The van der Waals surface area contributed by atoms with Crippen molar-refractivity contribution in [3.63, 3.8) is 0 Å². The number of benzene rings is 1. The normalized spacial score (nSPS) is 10.3. The van der Waals surface area contributed by atoms with Crippen molar-refractivity contribution in [2.75, 3.05) is 17.2 Å². The van der Waals surface area contributed by atoms with Crippen molar-refractivity contribution in [1.29, 1.82) is 0 Å². The predicted octanol–water partition coefficient (Wildman–Crippen LogP) is 2.56. The van der Waals surface area contributed by atoms with E-state index in [-0.39, 0.29) is 17.8 Å². The molecule has 2 amide bonds. The van der Waals surface area contributed by atoms with Crippen molar-refractivity contribution < 1.29 is 9.59 Å². The van der Waals surface area contributed by atoms with Crippen molar-refractivity contribution in [3.05, 3.63) is 36.5 Å². The topological polar surface area (TPSA) is 110 Å². The maximum Gasteiger partial charge on any atom is 0.229 e. The minimum Gasteiger partial charge on any atom is -0.330 e. The van der Waals surface area contributed by atoms with Crippen LogP contribution in [0.5, 0.6) is 0 Å². The van der Waals surface area contributed by atoms with E-state index in [1.807, 2.05) is 24.3 Å². The van der Waals surface area contributed by atoms with Gasteiger partial charge in [-0.25, -0.2) is 9.97 Å². The molecule has 4 N–H and O–H groups in total. The van der Waals surface area contributed by atoms with Crippen molar-refractivity contribution in [2.24, 2.45) is 5.73 Å². The zero-order chi connectivity index (χ0) is 18.1. The molecule has 1 heterocycles. The van der Waals surface area contributed by atoms with Gasteiger partial charge in [0.05, 0.1) is 5.69 Å². The highest BCUT2D eigenvalue weighted by atomic mass is 16.2. The van der Waals surface area contributed by atoms with Crippen molar-refractivity contribution in [1.82, 2.24) is 9.97 Å². The molecule has 7 nitrogen and oxygen atoms in total. The number of nitrogens with zero attached hydrogens (tertiary/aromatic N) is 2. The molecule has 1 aromatic carbocycles. The lowest BCUT2D eigenvalue weighted by atomic mass is 10.1. The smallest absolute Gasteiger partial charge is 0.229 e. The molecule has 0 bridgehead atoms. The van der Waals surface area contributed by atoms with E-state index in [0.29, 0.717) is 24.3 Å². The first kappa shape index (κ1) is 18.5. The lowest BCUT2D eigenvalue weighted by molar-refractivity contribution is -0.116. The second kappa shape index (κ2) is 9.48. The number of anilines is 2. The summed E-state index contributed by atoms with van der Waals surface area (Å²) in [6.45, 7) is 2.06. The molecule has 132 valence electrons. The summed E-state index contributed by atoms with van der Waals surface area (Å²) in [5, 5.41) is 5.45.